The number of rotatable bonds is 6. The van der Waals surface area contributed by atoms with Gasteiger partial charge in [-0.15, -0.1) is 0 Å². The summed E-state index contributed by atoms with van der Waals surface area (Å²) in [7, 11) is -3.67. The maximum atomic E-state index is 11.9. The molecule has 2 heterocycles. The van der Waals surface area contributed by atoms with Crippen molar-refractivity contribution in [3.8, 4) is 0 Å². The maximum Gasteiger partial charge on any atom is 0.325 e. The SMILES string of the molecule is O=C(O)Cn1cc(S(=O)(=O)NCc2ccsc2)cn1. The fourth-order valence-electron chi connectivity index (χ4n) is 1.36. The molecule has 0 aliphatic heterocycles. The van der Waals surface area contributed by atoms with E-state index in [-0.39, 0.29) is 18.0 Å². The molecule has 0 radical (unpaired) electrons. The van der Waals surface area contributed by atoms with Crippen LogP contribution in [0.15, 0.2) is 34.1 Å². The van der Waals surface area contributed by atoms with Crippen LogP contribution in [0, 0.1) is 0 Å². The molecule has 0 aromatic carbocycles. The van der Waals surface area contributed by atoms with Crippen LogP contribution in [0.5, 0.6) is 0 Å². The van der Waals surface area contributed by atoms with E-state index in [4.69, 9.17) is 5.11 Å². The zero-order chi connectivity index (χ0) is 13.9. The molecule has 0 aliphatic rings. The molecule has 0 unspecified atom stereocenters. The molecular weight excluding hydrogens is 290 g/mol. The van der Waals surface area contributed by atoms with Crippen molar-refractivity contribution in [2.45, 2.75) is 18.0 Å². The van der Waals surface area contributed by atoms with Crippen molar-refractivity contribution in [1.82, 2.24) is 14.5 Å². The third-order valence-corrected chi connectivity index (χ3v) is 4.35. The Morgan fingerprint density at radius 1 is 1.53 bits per heavy atom. The Kier molecular flexibility index (Phi) is 3.98. The molecule has 0 atom stereocenters. The van der Waals surface area contributed by atoms with Gasteiger partial charge in [0.1, 0.15) is 11.4 Å². The Morgan fingerprint density at radius 2 is 2.32 bits per heavy atom. The van der Waals surface area contributed by atoms with Gasteiger partial charge in [0.2, 0.25) is 10.0 Å². The minimum absolute atomic E-state index is 0.0519. The minimum Gasteiger partial charge on any atom is -0.480 e. The number of aromatic nitrogens is 2. The molecule has 0 saturated carbocycles. The second-order valence-corrected chi connectivity index (χ2v) is 6.27. The Bertz CT molecular complexity index is 661. The highest BCUT2D eigenvalue weighted by Crippen LogP contribution is 2.10. The molecule has 19 heavy (non-hydrogen) atoms. The minimum atomic E-state index is -3.67. The van der Waals surface area contributed by atoms with Gasteiger partial charge < -0.3 is 5.11 Å². The van der Waals surface area contributed by atoms with Gasteiger partial charge in [-0.2, -0.15) is 16.4 Å². The average Bonchev–Trinajstić information content (AvgIpc) is 2.96. The van der Waals surface area contributed by atoms with Crippen molar-refractivity contribution < 1.29 is 18.3 Å². The van der Waals surface area contributed by atoms with Gasteiger partial charge in [0, 0.05) is 12.7 Å². The van der Waals surface area contributed by atoms with E-state index in [9.17, 15) is 13.2 Å². The molecule has 102 valence electrons. The van der Waals surface area contributed by atoms with E-state index in [1.165, 1.54) is 17.5 Å². The lowest BCUT2D eigenvalue weighted by atomic mass is 10.4. The number of carboxylic acid groups (broad SMARTS) is 1. The summed E-state index contributed by atoms with van der Waals surface area (Å²) in [4.78, 5) is 10.4. The van der Waals surface area contributed by atoms with E-state index < -0.39 is 16.0 Å². The van der Waals surface area contributed by atoms with Crippen LogP contribution in [-0.4, -0.2) is 29.3 Å². The van der Waals surface area contributed by atoms with E-state index in [1.54, 1.807) is 0 Å². The summed E-state index contributed by atoms with van der Waals surface area (Å²) in [6.45, 7) is -0.185. The largest absolute Gasteiger partial charge is 0.480 e. The van der Waals surface area contributed by atoms with Crippen LogP contribution < -0.4 is 4.72 Å². The second-order valence-electron chi connectivity index (χ2n) is 3.72. The van der Waals surface area contributed by atoms with E-state index >= 15 is 0 Å². The first-order chi connectivity index (χ1) is 8.97. The summed E-state index contributed by atoms with van der Waals surface area (Å²) in [5, 5.41) is 16.0. The van der Waals surface area contributed by atoms with E-state index in [0.717, 1.165) is 16.4 Å². The smallest absolute Gasteiger partial charge is 0.325 e. The summed E-state index contributed by atoms with van der Waals surface area (Å²) in [6.07, 6.45) is 2.31. The lowest BCUT2D eigenvalue weighted by molar-refractivity contribution is -0.137. The van der Waals surface area contributed by atoms with E-state index in [2.05, 4.69) is 9.82 Å². The number of nitrogens with zero attached hydrogens (tertiary/aromatic N) is 2. The molecule has 0 bridgehead atoms. The number of aliphatic carboxylic acids is 1. The lowest BCUT2D eigenvalue weighted by Gasteiger charge is -2.02. The highest BCUT2D eigenvalue weighted by molar-refractivity contribution is 7.89. The molecule has 0 spiro atoms. The number of thiophene rings is 1. The molecular formula is C10H11N3O4S2. The molecule has 0 fully saturated rings. The van der Waals surface area contributed by atoms with Crippen LogP contribution in [0.25, 0.3) is 0 Å². The van der Waals surface area contributed by atoms with Gasteiger partial charge in [-0.3, -0.25) is 9.48 Å². The summed E-state index contributed by atoms with van der Waals surface area (Å²) < 4.78 is 27.3. The third kappa shape index (κ3) is 3.63. The van der Waals surface area contributed by atoms with Crippen LogP contribution in [-0.2, 0) is 27.9 Å². The number of sulfonamides is 1. The number of carboxylic acids is 1. The molecule has 2 rings (SSSR count). The summed E-state index contributed by atoms with van der Waals surface area (Å²) in [6, 6.07) is 1.82. The first-order valence-corrected chi connectivity index (χ1v) is 7.65. The van der Waals surface area contributed by atoms with Crippen molar-refractivity contribution in [3.05, 3.63) is 34.8 Å². The van der Waals surface area contributed by atoms with E-state index in [0.29, 0.717) is 0 Å². The van der Waals surface area contributed by atoms with Crippen LogP contribution in [0.4, 0.5) is 0 Å². The molecule has 2 N–H and O–H groups in total. The van der Waals surface area contributed by atoms with Gasteiger partial charge in [-0.25, -0.2) is 13.1 Å². The highest BCUT2D eigenvalue weighted by Gasteiger charge is 2.16. The fraction of sp³-hybridized carbons (Fsp3) is 0.200. The van der Waals surface area contributed by atoms with Crippen molar-refractivity contribution in [3.63, 3.8) is 0 Å². The van der Waals surface area contributed by atoms with Gasteiger partial charge in [-0.05, 0) is 22.4 Å². The normalized spacial score (nSPS) is 11.6. The number of nitrogens with one attached hydrogen (secondary N) is 1. The summed E-state index contributed by atoms with van der Waals surface area (Å²) in [5.74, 6) is -1.08. The van der Waals surface area contributed by atoms with Gasteiger partial charge >= 0.3 is 5.97 Å². The van der Waals surface area contributed by atoms with Crippen LogP contribution in [0.2, 0.25) is 0 Å². The maximum absolute atomic E-state index is 11.9. The lowest BCUT2D eigenvalue weighted by Crippen LogP contribution is -2.22. The van der Waals surface area contributed by atoms with Gasteiger partial charge in [0.05, 0.1) is 6.20 Å². The third-order valence-electron chi connectivity index (χ3n) is 2.26. The Hall–Kier alpha value is -1.71. The Balaban J connectivity index is 2.06. The van der Waals surface area contributed by atoms with Gasteiger partial charge in [0.25, 0.3) is 0 Å². The molecule has 2 aromatic rings. The fourth-order valence-corrected chi connectivity index (χ4v) is 3.00. The monoisotopic (exact) mass is 301 g/mol. The molecule has 9 heteroatoms. The van der Waals surface area contributed by atoms with Crippen molar-refractivity contribution in [2.75, 3.05) is 0 Å². The predicted octanol–water partition coefficient (Wildman–Crippen LogP) is 0.508. The Labute approximate surface area is 113 Å². The highest BCUT2D eigenvalue weighted by atomic mass is 32.2. The van der Waals surface area contributed by atoms with Crippen LogP contribution >= 0.6 is 11.3 Å². The molecule has 7 nitrogen and oxygen atoms in total. The first-order valence-electron chi connectivity index (χ1n) is 5.22. The summed E-state index contributed by atoms with van der Waals surface area (Å²) >= 11 is 1.48. The van der Waals surface area contributed by atoms with Crippen LogP contribution in [0.3, 0.4) is 0 Å². The number of carbonyl (C=O) groups is 1. The zero-order valence-corrected chi connectivity index (χ0v) is 11.3. The topological polar surface area (TPSA) is 101 Å². The van der Waals surface area contributed by atoms with Gasteiger partial charge in [-0.1, -0.05) is 0 Å². The van der Waals surface area contributed by atoms with Crippen molar-refractivity contribution in [1.29, 1.82) is 0 Å². The van der Waals surface area contributed by atoms with Crippen LogP contribution in [0.1, 0.15) is 5.56 Å². The molecule has 2 aromatic heterocycles. The second kappa shape index (κ2) is 5.51. The predicted molar refractivity (Wildman–Crippen MR) is 68.2 cm³/mol. The number of hydrogen-bond donors (Lipinski definition) is 2. The summed E-state index contributed by atoms with van der Waals surface area (Å²) in [5.41, 5.74) is 0.867. The zero-order valence-electron chi connectivity index (χ0n) is 9.68. The molecule has 0 saturated heterocycles. The number of hydrogen-bond acceptors (Lipinski definition) is 5. The first kappa shape index (κ1) is 13.7. The molecule has 0 amide bonds. The Morgan fingerprint density at radius 3 is 2.95 bits per heavy atom. The van der Waals surface area contributed by atoms with Crippen molar-refractivity contribution >= 4 is 27.3 Å². The van der Waals surface area contributed by atoms with E-state index in [1.807, 2.05) is 16.8 Å². The average molecular weight is 301 g/mol. The van der Waals surface area contributed by atoms with Gasteiger partial charge in [0.15, 0.2) is 0 Å². The standard InChI is InChI=1S/C10H11N3O4S2/c14-10(15)6-13-5-9(4-11-13)19(16,17)12-3-8-1-2-18-7-8/h1-2,4-5,7,12H,3,6H2,(H,14,15). The molecule has 0 aliphatic carbocycles. The van der Waals surface area contributed by atoms with Crippen molar-refractivity contribution in [2.24, 2.45) is 0 Å². The quantitative estimate of drug-likeness (QED) is 0.809.